The molecule has 0 bridgehead atoms. The molecule has 5 nitrogen and oxygen atoms in total. The summed E-state index contributed by atoms with van der Waals surface area (Å²) < 4.78 is 39.6. The van der Waals surface area contributed by atoms with Crippen LogP contribution in [0.2, 0.25) is 0 Å². The SMILES string of the molecule is FC(F)(F)Oc1ccc(-n2nnc(CBr)n2)cc1. The van der Waals surface area contributed by atoms with E-state index in [-0.39, 0.29) is 5.75 Å². The predicted molar refractivity (Wildman–Crippen MR) is 58.5 cm³/mol. The summed E-state index contributed by atoms with van der Waals surface area (Å²) in [6.07, 6.45) is -4.70. The molecular weight excluding hydrogens is 317 g/mol. The highest BCUT2D eigenvalue weighted by molar-refractivity contribution is 9.08. The second-order valence-electron chi connectivity index (χ2n) is 3.17. The number of halogens is 4. The molecule has 2 aromatic rings. The lowest BCUT2D eigenvalue weighted by atomic mass is 10.3. The van der Waals surface area contributed by atoms with Crippen LogP contribution in [0.3, 0.4) is 0 Å². The van der Waals surface area contributed by atoms with Crippen LogP contribution in [0.4, 0.5) is 13.2 Å². The Kier molecular flexibility index (Phi) is 3.50. The van der Waals surface area contributed by atoms with Crippen molar-refractivity contribution in [2.75, 3.05) is 0 Å². The number of benzene rings is 1. The second kappa shape index (κ2) is 4.92. The van der Waals surface area contributed by atoms with E-state index in [2.05, 4.69) is 36.1 Å². The number of ether oxygens (including phenoxy) is 1. The lowest BCUT2D eigenvalue weighted by Crippen LogP contribution is -2.17. The van der Waals surface area contributed by atoms with Gasteiger partial charge in [0.1, 0.15) is 5.75 Å². The lowest BCUT2D eigenvalue weighted by molar-refractivity contribution is -0.274. The van der Waals surface area contributed by atoms with E-state index in [9.17, 15) is 13.2 Å². The fraction of sp³-hybridized carbons (Fsp3) is 0.222. The van der Waals surface area contributed by atoms with Crippen molar-refractivity contribution in [3.05, 3.63) is 30.1 Å². The molecule has 0 aliphatic rings. The Morgan fingerprint density at radius 3 is 2.39 bits per heavy atom. The van der Waals surface area contributed by atoms with E-state index >= 15 is 0 Å². The standard InChI is InChI=1S/C9H6BrF3N4O/c10-5-8-14-16-17(15-8)6-1-3-7(4-2-6)18-9(11,12)13/h1-4H,5H2. The molecule has 1 aromatic heterocycles. The Bertz CT molecular complexity index is 525. The number of alkyl halides is 4. The van der Waals surface area contributed by atoms with Crippen molar-refractivity contribution < 1.29 is 17.9 Å². The molecule has 0 radical (unpaired) electrons. The summed E-state index contributed by atoms with van der Waals surface area (Å²) in [7, 11) is 0. The van der Waals surface area contributed by atoms with Crippen molar-refractivity contribution in [2.24, 2.45) is 0 Å². The van der Waals surface area contributed by atoms with Crippen molar-refractivity contribution in [1.29, 1.82) is 0 Å². The zero-order valence-corrected chi connectivity index (χ0v) is 10.3. The number of rotatable bonds is 3. The molecule has 0 fully saturated rings. The Labute approximate surface area is 108 Å². The molecule has 0 spiro atoms. The van der Waals surface area contributed by atoms with Gasteiger partial charge in [-0.3, -0.25) is 0 Å². The summed E-state index contributed by atoms with van der Waals surface area (Å²) in [5.41, 5.74) is 0.490. The Morgan fingerprint density at radius 2 is 1.89 bits per heavy atom. The van der Waals surface area contributed by atoms with Crippen LogP contribution in [0.1, 0.15) is 5.82 Å². The molecular formula is C9H6BrF3N4O. The quantitative estimate of drug-likeness (QED) is 0.814. The smallest absolute Gasteiger partial charge is 0.406 e. The van der Waals surface area contributed by atoms with Crippen molar-refractivity contribution in [3.63, 3.8) is 0 Å². The largest absolute Gasteiger partial charge is 0.573 e. The second-order valence-corrected chi connectivity index (χ2v) is 3.73. The number of hydrogen-bond donors (Lipinski definition) is 0. The van der Waals surface area contributed by atoms with Crippen LogP contribution in [-0.4, -0.2) is 26.6 Å². The number of hydrogen-bond acceptors (Lipinski definition) is 4. The maximum absolute atomic E-state index is 11.9. The van der Waals surface area contributed by atoms with E-state index in [0.717, 1.165) is 0 Å². The average Bonchev–Trinajstić information content (AvgIpc) is 2.76. The minimum atomic E-state index is -4.70. The van der Waals surface area contributed by atoms with Gasteiger partial charge in [-0.25, -0.2) is 0 Å². The van der Waals surface area contributed by atoms with Crippen molar-refractivity contribution in [3.8, 4) is 11.4 Å². The molecule has 1 aromatic carbocycles. The first-order valence-corrected chi connectivity index (χ1v) is 5.81. The zero-order valence-electron chi connectivity index (χ0n) is 8.73. The van der Waals surface area contributed by atoms with Gasteiger partial charge in [0.05, 0.1) is 11.0 Å². The molecule has 0 unspecified atom stereocenters. The molecule has 1 heterocycles. The maximum atomic E-state index is 11.9. The first kappa shape index (κ1) is 12.8. The summed E-state index contributed by atoms with van der Waals surface area (Å²) in [6.45, 7) is 0. The molecule has 2 rings (SSSR count). The molecule has 0 amide bonds. The molecule has 0 N–H and O–H groups in total. The lowest BCUT2D eigenvalue weighted by Gasteiger charge is -2.08. The van der Waals surface area contributed by atoms with Crippen LogP contribution >= 0.6 is 15.9 Å². The van der Waals surface area contributed by atoms with Crippen LogP contribution in [-0.2, 0) is 5.33 Å². The minimum absolute atomic E-state index is 0.299. The zero-order chi connectivity index (χ0) is 13.2. The van der Waals surface area contributed by atoms with Crippen LogP contribution in [0.25, 0.3) is 5.69 Å². The number of aromatic nitrogens is 4. The van der Waals surface area contributed by atoms with E-state index in [1.54, 1.807) is 0 Å². The highest BCUT2D eigenvalue weighted by atomic mass is 79.9. The molecule has 0 saturated carbocycles. The third-order valence-corrected chi connectivity index (χ3v) is 2.38. The van der Waals surface area contributed by atoms with Crippen molar-refractivity contribution in [1.82, 2.24) is 20.2 Å². The van der Waals surface area contributed by atoms with Crippen LogP contribution in [0.5, 0.6) is 5.75 Å². The highest BCUT2D eigenvalue weighted by Crippen LogP contribution is 2.23. The van der Waals surface area contributed by atoms with Crippen molar-refractivity contribution >= 4 is 15.9 Å². The number of tetrazole rings is 1. The molecule has 0 saturated heterocycles. The monoisotopic (exact) mass is 322 g/mol. The van der Waals surface area contributed by atoms with Gasteiger partial charge in [0, 0.05) is 0 Å². The first-order chi connectivity index (χ1) is 8.48. The molecule has 9 heteroatoms. The molecule has 96 valence electrons. The minimum Gasteiger partial charge on any atom is -0.406 e. The molecule has 18 heavy (non-hydrogen) atoms. The summed E-state index contributed by atoms with van der Waals surface area (Å²) >= 11 is 3.16. The Hall–Kier alpha value is -1.64. The van der Waals surface area contributed by atoms with Gasteiger partial charge in [-0.1, -0.05) is 15.9 Å². The van der Waals surface area contributed by atoms with Crippen molar-refractivity contribution in [2.45, 2.75) is 11.7 Å². The van der Waals surface area contributed by atoms with Gasteiger partial charge in [-0.2, -0.15) is 0 Å². The van der Waals surface area contributed by atoms with Crippen LogP contribution < -0.4 is 4.74 Å². The third-order valence-electron chi connectivity index (χ3n) is 1.88. The van der Waals surface area contributed by atoms with Gasteiger partial charge in [0.25, 0.3) is 0 Å². The fourth-order valence-electron chi connectivity index (χ4n) is 1.19. The Morgan fingerprint density at radius 1 is 1.22 bits per heavy atom. The van der Waals surface area contributed by atoms with Gasteiger partial charge >= 0.3 is 6.36 Å². The van der Waals surface area contributed by atoms with Crippen LogP contribution in [0.15, 0.2) is 24.3 Å². The van der Waals surface area contributed by atoms with Gasteiger partial charge in [0.2, 0.25) is 0 Å². The maximum Gasteiger partial charge on any atom is 0.573 e. The van der Waals surface area contributed by atoms with E-state index < -0.39 is 6.36 Å². The summed E-state index contributed by atoms with van der Waals surface area (Å²) in [5, 5.41) is 11.9. The van der Waals surface area contributed by atoms with E-state index in [1.165, 1.54) is 29.1 Å². The number of nitrogens with zero attached hydrogens (tertiary/aromatic N) is 4. The van der Waals surface area contributed by atoms with Gasteiger partial charge in [0.15, 0.2) is 5.82 Å². The van der Waals surface area contributed by atoms with E-state index in [1.807, 2.05) is 0 Å². The topological polar surface area (TPSA) is 52.8 Å². The fourth-order valence-corrected chi connectivity index (χ4v) is 1.41. The Balaban J connectivity index is 2.17. The predicted octanol–water partition coefficient (Wildman–Crippen LogP) is 2.46. The average molecular weight is 323 g/mol. The van der Waals surface area contributed by atoms with Gasteiger partial charge < -0.3 is 4.74 Å². The third kappa shape index (κ3) is 3.19. The molecule has 0 aliphatic carbocycles. The molecule has 0 aliphatic heterocycles. The van der Waals surface area contributed by atoms with Gasteiger partial charge in [-0.05, 0) is 29.5 Å². The summed E-state index contributed by atoms with van der Waals surface area (Å²) in [4.78, 5) is 1.22. The molecule has 0 atom stereocenters. The normalized spacial score (nSPS) is 11.6. The summed E-state index contributed by atoms with van der Waals surface area (Å²) in [5.74, 6) is 0.178. The van der Waals surface area contributed by atoms with Crippen LogP contribution in [0, 0.1) is 0 Å². The van der Waals surface area contributed by atoms with Gasteiger partial charge in [-0.15, -0.1) is 28.2 Å². The highest BCUT2D eigenvalue weighted by Gasteiger charge is 2.30. The van der Waals surface area contributed by atoms with E-state index in [4.69, 9.17) is 0 Å². The first-order valence-electron chi connectivity index (χ1n) is 4.69. The van der Waals surface area contributed by atoms with E-state index in [0.29, 0.717) is 16.8 Å². The summed E-state index contributed by atoms with van der Waals surface area (Å²) in [6, 6.07) is 5.17.